The predicted molar refractivity (Wildman–Crippen MR) is 110 cm³/mol. The maximum absolute atomic E-state index is 14.6. The van der Waals surface area contributed by atoms with Crippen LogP contribution in [0.1, 0.15) is 56.8 Å². The van der Waals surface area contributed by atoms with Crippen molar-refractivity contribution in [2.24, 2.45) is 5.73 Å². The predicted octanol–water partition coefficient (Wildman–Crippen LogP) is 1.06. The molecule has 0 aliphatic carbocycles. The molecule has 2 aliphatic heterocycles. The zero-order valence-corrected chi connectivity index (χ0v) is 17.0. The van der Waals surface area contributed by atoms with Gasteiger partial charge in [-0.3, -0.25) is 29.5 Å². The zero-order chi connectivity index (χ0) is 22.8. The van der Waals surface area contributed by atoms with E-state index in [4.69, 9.17) is 5.73 Å². The highest BCUT2D eigenvalue weighted by atomic mass is 19.1. The zero-order valence-electron chi connectivity index (χ0n) is 17.0. The summed E-state index contributed by atoms with van der Waals surface area (Å²) in [4.78, 5) is 53.2. The monoisotopic (exact) mass is 434 g/mol. The number of piperidine rings is 1. The second-order valence-corrected chi connectivity index (χ2v) is 7.53. The minimum absolute atomic E-state index is 0.0383. The number of nitrogens with one attached hydrogen (secondary N) is 1. The van der Waals surface area contributed by atoms with Crippen molar-refractivity contribution in [3.8, 4) is 11.8 Å². The Bertz CT molecular complexity index is 1210. The van der Waals surface area contributed by atoms with Crippen molar-refractivity contribution < 1.29 is 23.6 Å². The lowest BCUT2D eigenvalue weighted by atomic mass is 10.0. The first kappa shape index (κ1) is 21.2. The summed E-state index contributed by atoms with van der Waals surface area (Å²) in [7, 11) is 0. The Labute approximate surface area is 183 Å². The number of primary amides is 1. The number of nitrogens with zero attached hydrogens (tertiary/aromatic N) is 2. The molecule has 4 amide bonds. The van der Waals surface area contributed by atoms with Crippen LogP contribution in [0.4, 0.5) is 4.39 Å². The van der Waals surface area contributed by atoms with Gasteiger partial charge in [-0.05, 0) is 36.6 Å². The quantitative estimate of drug-likeness (QED) is 0.551. The highest BCUT2D eigenvalue weighted by molar-refractivity contribution is 6.05. The second kappa shape index (κ2) is 8.59. The number of amides is 4. The van der Waals surface area contributed by atoms with Crippen LogP contribution in [0.2, 0.25) is 0 Å². The van der Waals surface area contributed by atoms with Crippen molar-refractivity contribution in [1.29, 1.82) is 0 Å². The van der Waals surface area contributed by atoms with Crippen LogP contribution < -0.4 is 11.1 Å². The van der Waals surface area contributed by atoms with Crippen molar-refractivity contribution in [3.63, 3.8) is 0 Å². The average Bonchev–Trinajstić information content (AvgIpc) is 3.09. The highest BCUT2D eigenvalue weighted by Gasteiger charge is 2.40. The van der Waals surface area contributed by atoms with Crippen LogP contribution in [0.5, 0.6) is 0 Å². The van der Waals surface area contributed by atoms with Crippen LogP contribution in [-0.2, 0) is 22.6 Å². The van der Waals surface area contributed by atoms with E-state index in [1.165, 1.54) is 23.2 Å². The largest absolute Gasteiger partial charge is 0.364 e. The van der Waals surface area contributed by atoms with Gasteiger partial charge in [-0.15, -0.1) is 0 Å². The summed E-state index contributed by atoms with van der Waals surface area (Å²) in [6, 6.07) is 5.20. The fourth-order valence-electron chi connectivity index (χ4n) is 3.96. The van der Waals surface area contributed by atoms with E-state index in [0.717, 1.165) is 0 Å². The van der Waals surface area contributed by atoms with Crippen molar-refractivity contribution in [2.45, 2.75) is 38.3 Å². The van der Waals surface area contributed by atoms with E-state index in [-0.39, 0.29) is 42.5 Å². The molecule has 1 fully saturated rings. The lowest BCUT2D eigenvalue weighted by Crippen LogP contribution is -2.52. The van der Waals surface area contributed by atoms with Gasteiger partial charge in [0.2, 0.25) is 11.8 Å². The maximum Gasteiger partial charge on any atom is 0.267 e. The number of fused-ring (bicyclic) bond motifs is 1. The number of carbonyl (C=O) groups is 4. The van der Waals surface area contributed by atoms with E-state index in [0.29, 0.717) is 29.5 Å². The van der Waals surface area contributed by atoms with Gasteiger partial charge in [-0.25, -0.2) is 4.39 Å². The van der Waals surface area contributed by atoms with Crippen LogP contribution in [0.3, 0.4) is 0 Å². The summed E-state index contributed by atoms with van der Waals surface area (Å²) in [5.74, 6) is 3.20. The van der Waals surface area contributed by atoms with Gasteiger partial charge in [0.1, 0.15) is 17.6 Å². The van der Waals surface area contributed by atoms with Gasteiger partial charge in [0.25, 0.3) is 11.8 Å². The number of carbonyl (C=O) groups excluding carboxylic acids is 4. The van der Waals surface area contributed by atoms with Gasteiger partial charge in [-0.1, -0.05) is 17.9 Å². The Morgan fingerprint density at radius 2 is 2.09 bits per heavy atom. The van der Waals surface area contributed by atoms with Crippen molar-refractivity contribution >= 4 is 23.6 Å². The molecule has 3 N–H and O–H groups in total. The third-order valence-corrected chi connectivity index (χ3v) is 5.53. The van der Waals surface area contributed by atoms with E-state index in [1.54, 1.807) is 12.1 Å². The number of hydrogen-bond donors (Lipinski definition) is 2. The van der Waals surface area contributed by atoms with Gasteiger partial charge in [-0.2, -0.15) is 0 Å². The molecule has 1 aromatic heterocycles. The molecule has 162 valence electrons. The highest BCUT2D eigenvalue weighted by Crippen LogP contribution is 2.30. The topological polar surface area (TPSA) is 122 Å². The Morgan fingerprint density at radius 3 is 2.84 bits per heavy atom. The van der Waals surface area contributed by atoms with Gasteiger partial charge >= 0.3 is 0 Å². The van der Waals surface area contributed by atoms with Crippen LogP contribution in [0.25, 0.3) is 0 Å². The average molecular weight is 434 g/mol. The Morgan fingerprint density at radius 1 is 1.28 bits per heavy atom. The molecule has 1 aromatic carbocycles. The minimum atomic E-state index is -0.783. The number of aromatic nitrogens is 1. The molecule has 4 rings (SSSR count). The third-order valence-electron chi connectivity index (χ3n) is 5.53. The molecular weight excluding hydrogens is 415 g/mol. The number of imide groups is 1. The van der Waals surface area contributed by atoms with Crippen LogP contribution >= 0.6 is 0 Å². The molecule has 9 heteroatoms. The van der Waals surface area contributed by atoms with Crippen LogP contribution in [-0.4, -0.2) is 39.6 Å². The van der Waals surface area contributed by atoms with E-state index >= 15 is 0 Å². The van der Waals surface area contributed by atoms with Crippen LogP contribution in [0.15, 0.2) is 30.5 Å². The first-order chi connectivity index (χ1) is 15.4. The molecular formula is C23H19FN4O4. The molecule has 2 aromatic rings. The Balaban J connectivity index is 1.54. The number of pyridine rings is 1. The molecule has 0 saturated carbocycles. The van der Waals surface area contributed by atoms with Gasteiger partial charge < -0.3 is 10.6 Å². The SMILES string of the molecule is NC(=O)c1ncccc1CCC#Cc1c(F)ccc2c1CN(C1CCC(=O)NC1=O)C2=O. The standard InChI is InChI=1S/C23H19FN4O4/c24-17-8-7-15-16(12-28(23(15)32)18-9-10-19(29)27-22(18)31)14(17)6-2-1-4-13-5-3-11-26-20(13)21(25)30/h3,5,7-8,11,18H,1,4,9-10,12H2,(H2,25,30)(H,27,29,31). The molecule has 0 bridgehead atoms. The van der Waals surface area contributed by atoms with Crippen molar-refractivity contribution in [2.75, 3.05) is 0 Å². The lowest BCUT2D eigenvalue weighted by molar-refractivity contribution is -0.136. The molecule has 1 saturated heterocycles. The molecule has 1 unspecified atom stereocenters. The summed E-state index contributed by atoms with van der Waals surface area (Å²) in [6.45, 7) is 0.0383. The molecule has 0 radical (unpaired) electrons. The summed E-state index contributed by atoms with van der Waals surface area (Å²) in [5, 5.41) is 2.24. The minimum Gasteiger partial charge on any atom is -0.364 e. The lowest BCUT2D eigenvalue weighted by Gasteiger charge is -2.29. The smallest absolute Gasteiger partial charge is 0.267 e. The number of hydrogen-bond acceptors (Lipinski definition) is 5. The van der Waals surface area contributed by atoms with E-state index in [1.807, 2.05) is 0 Å². The van der Waals surface area contributed by atoms with E-state index < -0.39 is 23.7 Å². The summed E-state index contributed by atoms with van der Waals surface area (Å²) >= 11 is 0. The first-order valence-electron chi connectivity index (χ1n) is 10.1. The van der Waals surface area contributed by atoms with E-state index in [2.05, 4.69) is 22.1 Å². The number of benzene rings is 1. The molecule has 8 nitrogen and oxygen atoms in total. The van der Waals surface area contributed by atoms with Crippen molar-refractivity contribution in [3.05, 3.63) is 64.2 Å². The summed E-state index contributed by atoms with van der Waals surface area (Å²) < 4.78 is 14.6. The Hall–Kier alpha value is -4.06. The molecule has 32 heavy (non-hydrogen) atoms. The Kier molecular flexibility index (Phi) is 5.69. The summed E-state index contributed by atoms with van der Waals surface area (Å²) in [6.07, 6.45) is 2.56. The van der Waals surface area contributed by atoms with Gasteiger partial charge in [0, 0.05) is 36.7 Å². The molecule has 1 atom stereocenters. The van der Waals surface area contributed by atoms with Gasteiger partial charge in [0.05, 0.1) is 5.56 Å². The number of aryl methyl sites for hydroxylation is 1. The fourth-order valence-corrected chi connectivity index (χ4v) is 3.96. The van der Waals surface area contributed by atoms with Crippen molar-refractivity contribution in [1.82, 2.24) is 15.2 Å². The third kappa shape index (κ3) is 3.95. The normalized spacial score (nSPS) is 17.5. The fraction of sp³-hybridized carbons (Fsp3) is 0.261. The van der Waals surface area contributed by atoms with E-state index in [9.17, 15) is 23.6 Å². The first-order valence-corrected chi connectivity index (χ1v) is 10.1. The maximum atomic E-state index is 14.6. The number of nitrogens with two attached hydrogens (primary N) is 1. The number of rotatable bonds is 4. The van der Waals surface area contributed by atoms with Gasteiger partial charge in [0.15, 0.2) is 0 Å². The number of halogens is 1. The molecule has 3 heterocycles. The molecule has 0 spiro atoms. The van der Waals surface area contributed by atoms with Crippen LogP contribution in [0, 0.1) is 17.7 Å². The molecule has 2 aliphatic rings. The second-order valence-electron chi connectivity index (χ2n) is 7.53. The summed E-state index contributed by atoms with van der Waals surface area (Å²) in [5.41, 5.74) is 6.97.